The molecule has 1 aromatic rings. The number of methoxy groups -OCH3 is 1. The lowest BCUT2D eigenvalue weighted by Crippen LogP contribution is -2.41. The molecule has 1 aliphatic heterocycles. The largest absolute Gasteiger partial charge is 0.494 e. The van der Waals surface area contributed by atoms with Crippen LogP contribution in [0.1, 0.15) is 30.1 Å². The topological polar surface area (TPSA) is 64.8 Å². The number of hydrogen-bond donors (Lipinski definition) is 1. The number of benzene rings is 1. The van der Waals surface area contributed by atoms with Gasteiger partial charge in [0.25, 0.3) is 5.91 Å². The van der Waals surface area contributed by atoms with Crippen molar-refractivity contribution < 1.29 is 14.3 Å². The Morgan fingerprint density at radius 3 is 2.95 bits per heavy atom. The molecule has 0 aliphatic carbocycles. The van der Waals surface area contributed by atoms with Crippen molar-refractivity contribution in [2.24, 2.45) is 5.92 Å². The lowest BCUT2D eigenvalue weighted by molar-refractivity contribution is 0.0570. The van der Waals surface area contributed by atoms with Crippen LogP contribution in [0, 0.1) is 5.92 Å². The number of nitrogen functional groups attached to an aromatic ring is 1. The highest BCUT2D eigenvalue weighted by molar-refractivity contribution is 5.95. The molecule has 116 valence electrons. The summed E-state index contributed by atoms with van der Waals surface area (Å²) < 4.78 is 10.7. The molecule has 1 aromatic carbocycles. The highest BCUT2D eigenvalue weighted by atomic mass is 16.5. The van der Waals surface area contributed by atoms with E-state index in [0.717, 1.165) is 25.9 Å². The molecule has 0 saturated carbocycles. The number of ether oxygens (including phenoxy) is 2. The molecule has 1 unspecified atom stereocenters. The monoisotopic (exact) mass is 292 g/mol. The zero-order chi connectivity index (χ0) is 15.2. The third-order valence-electron chi connectivity index (χ3n) is 3.70. The maximum Gasteiger partial charge on any atom is 0.254 e. The molecule has 0 radical (unpaired) electrons. The van der Waals surface area contributed by atoms with E-state index in [1.165, 1.54) is 0 Å². The van der Waals surface area contributed by atoms with Gasteiger partial charge in [-0.05, 0) is 37.8 Å². The molecule has 5 heteroatoms. The van der Waals surface area contributed by atoms with Gasteiger partial charge in [0.15, 0.2) is 0 Å². The lowest BCUT2D eigenvalue weighted by Gasteiger charge is -2.32. The summed E-state index contributed by atoms with van der Waals surface area (Å²) in [6.07, 6.45) is 2.12. The van der Waals surface area contributed by atoms with Crippen LogP contribution in [0.3, 0.4) is 0 Å². The van der Waals surface area contributed by atoms with E-state index in [2.05, 4.69) is 0 Å². The Morgan fingerprint density at radius 2 is 2.24 bits per heavy atom. The average molecular weight is 292 g/mol. The number of anilines is 1. The van der Waals surface area contributed by atoms with Gasteiger partial charge in [0, 0.05) is 37.5 Å². The normalized spacial score (nSPS) is 18.6. The maximum absolute atomic E-state index is 12.6. The number of piperidine rings is 1. The standard InChI is InChI=1S/C16H24N2O3/c1-3-21-15-8-13(7-14(17)9-15)16(19)18-6-4-5-12(10-18)11-20-2/h7-9,12H,3-6,10-11,17H2,1-2H3. The van der Waals surface area contributed by atoms with Crippen LogP contribution in [0.2, 0.25) is 0 Å². The summed E-state index contributed by atoms with van der Waals surface area (Å²) in [7, 11) is 1.70. The molecule has 0 aromatic heterocycles. The molecular formula is C16H24N2O3. The second kappa shape index (κ2) is 7.31. The number of nitrogens with two attached hydrogens (primary N) is 1. The predicted octanol–water partition coefficient (Wildman–Crippen LogP) is 2.17. The van der Waals surface area contributed by atoms with Gasteiger partial charge in [0.2, 0.25) is 0 Å². The van der Waals surface area contributed by atoms with E-state index in [1.807, 2.05) is 11.8 Å². The van der Waals surface area contributed by atoms with Crippen molar-refractivity contribution in [2.75, 3.05) is 39.1 Å². The Kier molecular flexibility index (Phi) is 5.44. The van der Waals surface area contributed by atoms with Gasteiger partial charge >= 0.3 is 0 Å². The van der Waals surface area contributed by atoms with Gasteiger partial charge in [-0.25, -0.2) is 0 Å². The lowest BCUT2D eigenvalue weighted by atomic mass is 9.98. The number of amides is 1. The molecular weight excluding hydrogens is 268 g/mol. The van der Waals surface area contributed by atoms with Crippen molar-refractivity contribution in [1.82, 2.24) is 4.90 Å². The SMILES string of the molecule is CCOc1cc(N)cc(C(=O)N2CCCC(COC)C2)c1. The predicted molar refractivity (Wildman–Crippen MR) is 82.5 cm³/mol. The van der Waals surface area contributed by atoms with Gasteiger partial charge < -0.3 is 20.1 Å². The highest BCUT2D eigenvalue weighted by Crippen LogP contribution is 2.23. The molecule has 5 nitrogen and oxygen atoms in total. The highest BCUT2D eigenvalue weighted by Gasteiger charge is 2.24. The van der Waals surface area contributed by atoms with E-state index >= 15 is 0 Å². The zero-order valence-electron chi connectivity index (χ0n) is 12.8. The molecule has 0 spiro atoms. The molecule has 1 aliphatic rings. The van der Waals surface area contributed by atoms with Crippen molar-refractivity contribution in [3.05, 3.63) is 23.8 Å². The number of nitrogens with zero attached hydrogens (tertiary/aromatic N) is 1. The molecule has 1 atom stereocenters. The zero-order valence-corrected chi connectivity index (χ0v) is 12.8. The van der Waals surface area contributed by atoms with E-state index in [-0.39, 0.29) is 5.91 Å². The van der Waals surface area contributed by atoms with Gasteiger partial charge in [-0.2, -0.15) is 0 Å². The molecule has 1 amide bonds. The van der Waals surface area contributed by atoms with Crippen molar-refractivity contribution in [2.45, 2.75) is 19.8 Å². The second-order valence-electron chi connectivity index (χ2n) is 5.44. The van der Waals surface area contributed by atoms with E-state index in [4.69, 9.17) is 15.2 Å². The number of carbonyl (C=O) groups excluding carboxylic acids is 1. The summed E-state index contributed by atoms with van der Waals surface area (Å²) in [4.78, 5) is 14.5. The number of hydrogen-bond acceptors (Lipinski definition) is 4. The fraction of sp³-hybridized carbons (Fsp3) is 0.562. The van der Waals surface area contributed by atoms with Crippen LogP contribution < -0.4 is 10.5 Å². The van der Waals surface area contributed by atoms with Gasteiger partial charge in [-0.1, -0.05) is 0 Å². The maximum atomic E-state index is 12.6. The van der Waals surface area contributed by atoms with Crippen molar-refractivity contribution in [1.29, 1.82) is 0 Å². The summed E-state index contributed by atoms with van der Waals surface area (Å²) in [6.45, 7) is 4.69. The van der Waals surface area contributed by atoms with Crippen molar-refractivity contribution >= 4 is 11.6 Å². The Labute approximate surface area is 126 Å². The first-order chi connectivity index (χ1) is 10.1. The van der Waals surface area contributed by atoms with Crippen LogP contribution in [0.5, 0.6) is 5.75 Å². The van der Waals surface area contributed by atoms with Gasteiger partial charge in [-0.15, -0.1) is 0 Å². The van der Waals surface area contributed by atoms with Crippen LogP contribution in [-0.4, -0.2) is 44.2 Å². The number of likely N-dealkylation sites (tertiary alicyclic amines) is 1. The summed E-state index contributed by atoms with van der Waals surface area (Å²) in [5.41, 5.74) is 7.01. The van der Waals surface area contributed by atoms with Crippen molar-refractivity contribution in [3.63, 3.8) is 0 Å². The van der Waals surface area contributed by atoms with E-state index in [1.54, 1.807) is 25.3 Å². The van der Waals surface area contributed by atoms with Crippen molar-refractivity contribution in [3.8, 4) is 5.75 Å². The molecule has 2 rings (SSSR count). The van der Waals surface area contributed by atoms with Crippen LogP contribution in [-0.2, 0) is 4.74 Å². The first-order valence-electron chi connectivity index (χ1n) is 7.45. The molecule has 2 N–H and O–H groups in total. The smallest absolute Gasteiger partial charge is 0.254 e. The quantitative estimate of drug-likeness (QED) is 0.845. The number of rotatable bonds is 5. The van der Waals surface area contributed by atoms with Gasteiger partial charge in [0.1, 0.15) is 5.75 Å². The summed E-state index contributed by atoms with van der Waals surface area (Å²) >= 11 is 0. The van der Waals surface area contributed by atoms with E-state index in [9.17, 15) is 4.79 Å². The molecule has 1 fully saturated rings. The Bertz CT molecular complexity index is 488. The third-order valence-corrected chi connectivity index (χ3v) is 3.70. The average Bonchev–Trinajstić information content (AvgIpc) is 2.47. The van der Waals surface area contributed by atoms with Crippen LogP contribution in [0.15, 0.2) is 18.2 Å². The Balaban J connectivity index is 2.11. The van der Waals surface area contributed by atoms with Crippen LogP contribution in [0.4, 0.5) is 5.69 Å². The number of carbonyl (C=O) groups is 1. The molecule has 21 heavy (non-hydrogen) atoms. The van der Waals surface area contributed by atoms with E-state index in [0.29, 0.717) is 36.1 Å². The first-order valence-corrected chi connectivity index (χ1v) is 7.45. The minimum absolute atomic E-state index is 0.0176. The van der Waals surface area contributed by atoms with Crippen LogP contribution >= 0.6 is 0 Å². The summed E-state index contributed by atoms with van der Waals surface area (Å²) in [5.74, 6) is 1.08. The minimum atomic E-state index is 0.0176. The summed E-state index contributed by atoms with van der Waals surface area (Å²) in [6, 6.07) is 5.22. The second-order valence-corrected chi connectivity index (χ2v) is 5.44. The fourth-order valence-electron chi connectivity index (χ4n) is 2.80. The minimum Gasteiger partial charge on any atom is -0.494 e. The molecule has 1 saturated heterocycles. The molecule has 1 heterocycles. The van der Waals surface area contributed by atoms with Gasteiger partial charge in [0.05, 0.1) is 13.2 Å². The Morgan fingerprint density at radius 1 is 1.43 bits per heavy atom. The molecule has 0 bridgehead atoms. The van der Waals surface area contributed by atoms with E-state index < -0.39 is 0 Å². The van der Waals surface area contributed by atoms with Gasteiger partial charge in [-0.3, -0.25) is 4.79 Å². The van der Waals surface area contributed by atoms with Crippen LogP contribution in [0.25, 0.3) is 0 Å². The fourth-order valence-corrected chi connectivity index (χ4v) is 2.80. The first kappa shape index (κ1) is 15.6. The Hall–Kier alpha value is -1.75. The third kappa shape index (κ3) is 4.11. The summed E-state index contributed by atoms with van der Waals surface area (Å²) in [5, 5.41) is 0.